The standard InChI is InChI=1S/C27H23N3O7S2/c1-36-23-12-17(9-10-22(23)37-16-18-5-3-7-20(11-18)30(34)35)13-24-26(32)29(27(33)39-24)15-25(31)28-19-6-4-8-21(14-19)38-2/h3-14H,15-16H2,1-2H3,(H,28,31)/b24-13+. The molecule has 39 heavy (non-hydrogen) atoms. The van der Waals surface area contributed by atoms with E-state index in [4.69, 9.17) is 9.47 Å². The first kappa shape index (κ1) is 27.7. The molecule has 10 nitrogen and oxygen atoms in total. The molecule has 3 aromatic rings. The average molecular weight is 566 g/mol. The van der Waals surface area contributed by atoms with Gasteiger partial charge in [0.15, 0.2) is 11.5 Å². The van der Waals surface area contributed by atoms with E-state index in [9.17, 15) is 24.5 Å². The Balaban J connectivity index is 1.42. The number of nitro benzene ring substituents is 1. The van der Waals surface area contributed by atoms with E-state index in [1.165, 1.54) is 37.1 Å². The van der Waals surface area contributed by atoms with Gasteiger partial charge in [-0.1, -0.05) is 24.3 Å². The minimum Gasteiger partial charge on any atom is -0.493 e. The van der Waals surface area contributed by atoms with Gasteiger partial charge in [-0.25, -0.2) is 0 Å². The Hall–Kier alpha value is -4.29. The van der Waals surface area contributed by atoms with Gasteiger partial charge in [0.1, 0.15) is 13.2 Å². The number of nitro groups is 1. The molecule has 200 valence electrons. The highest BCUT2D eigenvalue weighted by Gasteiger charge is 2.36. The topological polar surface area (TPSA) is 128 Å². The number of carbonyl (C=O) groups is 3. The number of methoxy groups -OCH3 is 1. The van der Waals surface area contributed by atoms with E-state index >= 15 is 0 Å². The molecule has 0 atom stereocenters. The molecule has 1 aliphatic rings. The second kappa shape index (κ2) is 12.5. The number of nitrogens with one attached hydrogen (secondary N) is 1. The molecule has 1 aliphatic heterocycles. The lowest BCUT2D eigenvalue weighted by Gasteiger charge is -2.13. The molecular weight excluding hydrogens is 542 g/mol. The van der Waals surface area contributed by atoms with Crippen molar-refractivity contribution < 1.29 is 28.8 Å². The van der Waals surface area contributed by atoms with E-state index in [0.29, 0.717) is 28.3 Å². The van der Waals surface area contributed by atoms with E-state index in [1.807, 2.05) is 18.4 Å². The van der Waals surface area contributed by atoms with Crippen molar-refractivity contribution >= 4 is 58.0 Å². The van der Waals surface area contributed by atoms with Gasteiger partial charge in [-0.3, -0.25) is 29.4 Å². The van der Waals surface area contributed by atoms with Crippen LogP contribution in [-0.2, 0) is 16.2 Å². The van der Waals surface area contributed by atoms with E-state index < -0.39 is 28.5 Å². The van der Waals surface area contributed by atoms with Crippen LogP contribution in [0.2, 0.25) is 0 Å². The van der Waals surface area contributed by atoms with Gasteiger partial charge in [-0.05, 0) is 65.6 Å². The minimum atomic E-state index is -0.567. The number of hydrogen-bond donors (Lipinski definition) is 1. The predicted octanol–water partition coefficient (Wildman–Crippen LogP) is 5.58. The molecule has 4 rings (SSSR count). The second-order valence-corrected chi connectivity index (χ2v) is 10.0. The van der Waals surface area contributed by atoms with E-state index in [2.05, 4.69) is 5.32 Å². The third kappa shape index (κ3) is 6.98. The number of thioether (sulfide) groups is 2. The van der Waals surface area contributed by atoms with Crippen LogP contribution in [0, 0.1) is 10.1 Å². The fourth-order valence-electron chi connectivity index (χ4n) is 3.65. The maximum absolute atomic E-state index is 12.9. The molecule has 0 unspecified atom stereocenters. The van der Waals surface area contributed by atoms with Crippen molar-refractivity contribution in [3.8, 4) is 11.5 Å². The summed E-state index contributed by atoms with van der Waals surface area (Å²) in [7, 11) is 1.46. The molecule has 0 aliphatic carbocycles. The van der Waals surface area contributed by atoms with E-state index in [-0.39, 0.29) is 17.2 Å². The Kier molecular flexibility index (Phi) is 8.89. The molecule has 1 heterocycles. The van der Waals surface area contributed by atoms with Crippen LogP contribution in [0.25, 0.3) is 6.08 Å². The average Bonchev–Trinajstić information content (AvgIpc) is 3.19. The van der Waals surface area contributed by atoms with Crippen molar-refractivity contribution in [2.75, 3.05) is 25.2 Å². The predicted molar refractivity (Wildman–Crippen MR) is 150 cm³/mol. The van der Waals surface area contributed by atoms with Crippen molar-refractivity contribution in [1.82, 2.24) is 4.90 Å². The quantitative estimate of drug-likeness (QED) is 0.145. The summed E-state index contributed by atoms with van der Waals surface area (Å²) in [6.45, 7) is -0.320. The maximum Gasteiger partial charge on any atom is 0.294 e. The van der Waals surface area contributed by atoms with Crippen molar-refractivity contribution in [3.63, 3.8) is 0 Å². The summed E-state index contributed by atoms with van der Waals surface area (Å²) in [5, 5.41) is 13.2. The second-order valence-electron chi connectivity index (χ2n) is 8.17. The Morgan fingerprint density at radius 2 is 1.90 bits per heavy atom. The maximum atomic E-state index is 12.9. The Morgan fingerprint density at radius 3 is 2.64 bits per heavy atom. The Bertz CT molecular complexity index is 1480. The van der Waals surface area contributed by atoms with Crippen LogP contribution in [0.3, 0.4) is 0 Å². The van der Waals surface area contributed by atoms with Crippen LogP contribution in [0.5, 0.6) is 11.5 Å². The Labute approximate surface area is 232 Å². The summed E-state index contributed by atoms with van der Waals surface area (Å²) in [4.78, 5) is 50.4. The van der Waals surface area contributed by atoms with Crippen LogP contribution in [0.1, 0.15) is 11.1 Å². The van der Waals surface area contributed by atoms with Crippen molar-refractivity contribution in [2.24, 2.45) is 0 Å². The molecule has 0 spiro atoms. The monoisotopic (exact) mass is 565 g/mol. The summed E-state index contributed by atoms with van der Waals surface area (Å²) in [5.41, 5.74) is 1.74. The van der Waals surface area contributed by atoms with Gasteiger partial charge in [0.2, 0.25) is 5.91 Å². The number of amides is 3. The smallest absolute Gasteiger partial charge is 0.294 e. The summed E-state index contributed by atoms with van der Waals surface area (Å²) >= 11 is 2.28. The number of hydrogen-bond acceptors (Lipinski definition) is 9. The summed E-state index contributed by atoms with van der Waals surface area (Å²) in [6, 6.07) is 18.3. The first-order valence-electron chi connectivity index (χ1n) is 11.5. The molecule has 0 radical (unpaired) electrons. The fourth-order valence-corrected chi connectivity index (χ4v) is 4.94. The molecule has 12 heteroatoms. The number of nitrogens with zero attached hydrogens (tertiary/aromatic N) is 2. The van der Waals surface area contributed by atoms with Gasteiger partial charge in [0.05, 0.1) is 16.9 Å². The van der Waals surface area contributed by atoms with Crippen LogP contribution in [0.4, 0.5) is 16.2 Å². The summed E-state index contributed by atoms with van der Waals surface area (Å²) < 4.78 is 11.2. The lowest BCUT2D eigenvalue weighted by molar-refractivity contribution is -0.384. The zero-order chi connectivity index (χ0) is 27.9. The van der Waals surface area contributed by atoms with E-state index in [0.717, 1.165) is 21.6 Å². The van der Waals surface area contributed by atoms with Gasteiger partial charge < -0.3 is 14.8 Å². The third-order valence-electron chi connectivity index (χ3n) is 5.53. The molecular formula is C27H23N3O7S2. The number of ether oxygens (including phenoxy) is 2. The zero-order valence-electron chi connectivity index (χ0n) is 20.9. The van der Waals surface area contributed by atoms with Crippen molar-refractivity contribution in [2.45, 2.75) is 11.5 Å². The zero-order valence-corrected chi connectivity index (χ0v) is 22.5. The molecule has 1 fully saturated rings. The number of imide groups is 1. The SMILES string of the molecule is COc1cc(/C=C2/SC(=O)N(CC(=O)Nc3cccc(SC)c3)C2=O)ccc1OCc1cccc([N+](=O)[O-])c1. The molecule has 1 saturated heterocycles. The highest BCUT2D eigenvalue weighted by Crippen LogP contribution is 2.35. The first-order chi connectivity index (χ1) is 18.8. The molecule has 0 saturated carbocycles. The molecule has 1 N–H and O–H groups in total. The minimum absolute atomic E-state index is 0.0327. The summed E-state index contributed by atoms with van der Waals surface area (Å²) in [6.07, 6.45) is 3.46. The number of anilines is 1. The van der Waals surface area contributed by atoms with E-state index in [1.54, 1.807) is 42.5 Å². The van der Waals surface area contributed by atoms with Crippen molar-refractivity contribution in [1.29, 1.82) is 0 Å². The van der Waals surface area contributed by atoms with Crippen LogP contribution in [0.15, 0.2) is 76.5 Å². The van der Waals surface area contributed by atoms with Gasteiger partial charge in [0.25, 0.3) is 16.8 Å². The lowest BCUT2D eigenvalue weighted by Crippen LogP contribution is -2.36. The van der Waals surface area contributed by atoms with Gasteiger partial charge in [0, 0.05) is 22.7 Å². The van der Waals surface area contributed by atoms with Crippen LogP contribution < -0.4 is 14.8 Å². The third-order valence-corrected chi connectivity index (χ3v) is 7.16. The van der Waals surface area contributed by atoms with Gasteiger partial charge in [-0.15, -0.1) is 11.8 Å². The number of rotatable bonds is 10. The Morgan fingerprint density at radius 1 is 1.10 bits per heavy atom. The highest BCUT2D eigenvalue weighted by atomic mass is 32.2. The fraction of sp³-hybridized carbons (Fsp3) is 0.148. The number of carbonyl (C=O) groups excluding carboxylic acids is 3. The van der Waals surface area contributed by atoms with Gasteiger partial charge >= 0.3 is 0 Å². The summed E-state index contributed by atoms with van der Waals surface area (Å²) in [5.74, 6) is -0.275. The normalized spacial score (nSPS) is 14.0. The molecule has 3 amide bonds. The van der Waals surface area contributed by atoms with Crippen LogP contribution >= 0.6 is 23.5 Å². The molecule has 0 bridgehead atoms. The molecule has 0 aromatic heterocycles. The highest BCUT2D eigenvalue weighted by molar-refractivity contribution is 8.18. The lowest BCUT2D eigenvalue weighted by atomic mass is 10.1. The first-order valence-corrected chi connectivity index (χ1v) is 13.5. The molecule has 3 aromatic carbocycles. The number of non-ortho nitro benzene ring substituents is 1. The van der Waals surface area contributed by atoms with Crippen molar-refractivity contribution in [3.05, 3.63) is 92.9 Å². The number of benzene rings is 3. The van der Waals surface area contributed by atoms with Crippen LogP contribution in [-0.4, -0.2) is 46.8 Å². The largest absolute Gasteiger partial charge is 0.493 e. The van der Waals surface area contributed by atoms with Gasteiger partial charge in [-0.2, -0.15) is 0 Å².